The summed E-state index contributed by atoms with van der Waals surface area (Å²) in [4.78, 5) is 16.0. The third-order valence-electron chi connectivity index (χ3n) is 3.89. The van der Waals surface area contributed by atoms with Crippen molar-refractivity contribution in [2.24, 2.45) is 5.92 Å². The zero-order valence-corrected chi connectivity index (χ0v) is 9.68. The number of rotatable bonds is 0. The molecule has 86 valence electrons. The molecule has 0 aromatic rings. The Hall–Kier alpha value is -0.610. The van der Waals surface area contributed by atoms with Crippen molar-refractivity contribution in [2.75, 3.05) is 20.1 Å². The Labute approximate surface area is 90.9 Å². The summed E-state index contributed by atoms with van der Waals surface area (Å²) >= 11 is 0. The number of hydrogen-bond donors (Lipinski definition) is 1. The van der Waals surface area contributed by atoms with Crippen molar-refractivity contribution < 1.29 is 9.90 Å². The van der Waals surface area contributed by atoms with Gasteiger partial charge in [0.05, 0.1) is 12.1 Å². The van der Waals surface area contributed by atoms with Crippen LogP contribution in [0.25, 0.3) is 0 Å². The third kappa shape index (κ3) is 1.76. The summed E-state index contributed by atoms with van der Waals surface area (Å²) in [5, 5.41) is 9.65. The minimum atomic E-state index is -0.333. The van der Waals surface area contributed by atoms with Gasteiger partial charge in [-0.15, -0.1) is 0 Å². The fourth-order valence-corrected chi connectivity index (χ4v) is 2.79. The van der Waals surface area contributed by atoms with Crippen LogP contribution >= 0.6 is 0 Å². The Bertz CT molecular complexity index is 269. The molecule has 0 aromatic carbocycles. The van der Waals surface area contributed by atoms with Crippen molar-refractivity contribution in [3.8, 4) is 0 Å². The first kappa shape index (κ1) is 10.9. The highest BCUT2D eigenvalue weighted by molar-refractivity contribution is 5.82. The maximum Gasteiger partial charge on any atom is 0.239 e. The summed E-state index contributed by atoms with van der Waals surface area (Å²) < 4.78 is 0. The number of amides is 1. The highest BCUT2D eigenvalue weighted by Gasteiger charge is 2.43. The molecule has 4 heteroatoms. The molecule has 0 aromatic heterocycles. The second-order valence-corrected chi connectivity index (χ2v) is 5.04. The summed E-state index contributed by atoms with van der Waals surface area (Å²) in [6.45, 7) is 5.79. The van der Waals surface area contributed by atoms with Gasteiger partial charge in [0.1, 0.15) is 0 Å². The molecule has 2 fully saturated rings. The van der Waals surface area contributed by atoms with E-state index in [2.05, 4.69) is 18.7 Å². The highest BCUT2D eigenvalue weighted by atomic mass is 16.3. The Balaban J connectivity index is 2.25. The topological polar surface area (TPSA) is 43.8 Å². The molecule has 4 atom stereocenters. The molecule has 0 radical (unpaired) electrons. The summed E-state index contributed by atoms with van der Waals surface area (Å²) in [6.07, 6.45) is 0.264. The number of carbonyl (C=O) groups excluding carboxylic acids is 1. The predicted molar refractivity (Wildman–Crippen MR) is 57.4 cm³/mol. The molecule has 0 spiro atoms. The van der Waals surface area contributed by atoms with Crippen molar-refractivity contribution >= 4 is 5.91 Å². The van der Waals surface area contributed by atoms with E-state index >= 15 is 0 Å². The van der Waals surface area contributed by atoms with E-state index in [0.717, 1.165) is 6.54 Å². The van der Waals surface area contributed by atoms with Crippen LogP contribution in [-0.4, -0.2) is 59.1 Å². The number of aliphatic hydroxyl groups excluding tert-OH is 1. The molecular formula is C11H20N2O2. The van der Waals surface area contributed by atoms with E-state index in [0.29, 0.717) is 24.9 Å². The standard InChI is InChI=1S/C11H20N2O2/c1-7-5-12(3)11(15)10-4-9(14)6-13(10)8(7)2/h7-10,14H,4-6H2,1-3H3/t7-,8-,9?,10?/m1/s1. The van der Waals surface area contributed by atoms with E-state index in [1.165, 1.54) is 0 Å². The fourth-order valence-electron chi connectivity index (χ4n) is 2.79. The lowest BCUT2D eigenvalue weighted by Gasteiger charge is -2.29. The van der Waals surface area contributed by atoms with Gasteiger partial charge in [-0.2, -0.15) is 0 Å². The maximum atomic E-state index is 12.0. The largest absolute Gasteiger partial charge is 0.392 e. The normalized spacial score (nSPS) is 42.9. The van der Waals surface area contributed by atoms with Gasteiger partial charge in [-0.05, 0) is 19.3 Å². The molecule has 2 saturated heterocycles. The van der Waals surface area contributed by atoms with E-state index < -0.39 is 0 Å². The summed E-state index contributed by atoms with van der Waals surface area (Å²) in [5.41, 5.74) is 0. The van der Waals surface area contributed by atoms with E-state index in [1.54, 1.807) is 0 Å². The van der Waals surface area contributed by atoms with Gasteiger partial charge in [-0.1, -0.05) is 6.92 Å². The minimum Gasteiger partial charge on any atom is -0.392 e. The molecule has 2 rings (SSSR count). The Kier molecular flexibility index (Phi) is 2.73. The molecule has 2 aliphatic heterocycles. The molecule has 0 saturated carbocycles. The average Bonchev–Trinajstić information content (AvgIpc) is 2.54. The van der Waals surface area contributed by atoms with E-state index in [9.17, 15) is 9.90 Å². The molecule has 2 heterocycles. The quantitative estimate of drug-likeness (QED) is 0.611. The van der Waals surface area contributed by atoms with E-state index in [4.69, 9.17) is 0 Å². The molecule has 1 N–H and O–H groups in total. The van der Waals surface area contributed by atoms with Gasteiger partial charge >= 0.3 is 0 Å². The molecule has 0 aliphatic carbocycles. The van der Waals surface area contributed by atoms with Crippen molar-refractivity contribution in [2.45, 2.75) is 38.5 Å². The zero-order valence-electron chi connectivity index (χ0n) is 9.68. The van der Waals surface area contributed by atoms with Gasteiger partial charge in [0.2, 0.25) is 5.91 Å². The first-order valence-electron chi connectivity index (χ1n) is 5.69. The van der Waals surface area contributed by atoms with Crippen molar-refractivity contribution in [3.63, 3.8) is 0 Å². The third-order valence-corrected chi connectivity index (χ3v) is 3.89. The first-order chi connectivity index (χ1) is 7.00. The van der Waals surface area contributed by atoms with Crippen molar-refractivity contribution in [1.82, 2.24) is 9.80 Å². The molecule has 2 aliphatic rings. The number of nitrogens with zero attached hydrogens (tertiary/aromatic N) is 2. The zero-order chi connectivity index (χ0) is 11.2. The van der Waals surface area contributed by atoms with Crippen LogP contribution in [0.5, 0.6) is 0 Å². The SMILES string of the molecule is C[C@@H]1CN(C)C(=O)C2CC(O)CN2[C@@H]1C. The van der Waals surface area contributed by atoms with Gasteiger partial charge in [-0.25, -0.2) is 0 Å². The minimum absolute atomic E-state index is 0.0926. The van der Waals surface area contributed by atoms with Gasteiger partial charge < -0.3 is 10.0 Å². The lowest BCUT2D eigenvalue weighted by atomic mass is 10.0. The number of likely N-dealkylation sites (N-methyl/N-ethyl adjacent to an activating group) is 1. The van der Waals surface area contributed by atoms with Gasteiger partial charge in [0.15, 0.2) is 0 Å². The number of fused-ring (bicyclic) bond motifs is 1. The van der Waals surface area contributed by atoms with Crippen LogP contribution in [0.15, 0.2) is 0 Å². The van der Waals surface area contributed by atoms with Crippen LogP contribution in [0.4, 0.5) is 0 Å². The Morgan fingerprint density at radius 2 is 2.00 bits per heavy atom. The van der Waals surface area contributed by atoms with Gasteiger partial charge in [0, 0.05) is 26.2 Å². The maximum absolute atomic E-state index is 12.0. The van der Waals surface area contributed by atoms with Crippen molar-refractivity contribution in [1.29, 1.82) is 0 Å². The second kappa shape index (κ2) is 3.76. The van der Waals surface area contributed by atoms with Crippen LogP contribution in [0.2, 0.25) is 0 Å². The van der Waals surface area contributed by atoms with E-state index in [1.807, 2.05) is 11.9 Å². The van der Waals surface area contributed by atoms with Crippen molar-refractivity contribution in [3.05, 3.63) is 0 Å². The second-order valence-electron chi connectivity index (χ2n) is 5.04. The van der Waals surface area contributed by atoms with Crippen LogP contribution in [-0.2, 0) is 4.79 Å². The van der Waals surface area contributed by atoms with E-state index in [-0.39, 0.29) is 18.1 Å². The highest BCUT2D eigenvalue weighted by Crippen LogP contribution is 2.28. The summed E-state index contributed by atoms with van der Waals surface area (Å²) in [5.74, 6) is 0.636. The Morgan fingerprint density at radius 3 is 2.67 bits per heavy atom. The molecule has 2 unspecified atom stereocenters. The van der Waals surface area contributed by atoms with Crippen LogP contribution in [0, 0.1) is 5.92 Å². The number of aliphatic hydroxyl groups is 1. The van der Waals surface area contributed by atoms with Crippen LogP contribution in [0.3, 0.4) is 0 Å². The molecule has 4 nitrogen and oxygen atoms in total. The monoisotopic (exact) mass is 212 g/mol. The molecule has 1 amide bonds. The van der Waals surface area contributed by atoms with Gasteiger partial charge in [-0.3, -0.25) is 9.69 Å². The average molecular weight is 212 g/mol. The smallest absolute Gasteiger partial charge is 0.239 e. The summed E-state index contributed by atoms with van der Waals surface area (Å²) in [7, 11) is 1.86. The molecular weight excluding hydrogens is 192 g/mol. The fraction of sp³-hybridized carbons (Fsp3) is 0.909. The molecule has 0 bridgehead atoms. The summed E-state index contributed by atoms with van der Waals surface area (Å²) in [6, 6.07) is 0.283. The molecule has 15 heavy (non-hydrogen) atoms. The Morgan fingerprint density at radius 1 is 1.33 bits per heavy atom. The lowest BCUT2D eigenvalue weighted by Crippen LogP contribution is -2.43. The van der Waals surface area contributed by atoms with Gasteiger partial charge in [0.25, 0.3) is 0 Å². The van der Waals surface area contributed by atoms with Crippen LogP contribution < -0.4 is 0 Å². The number of hydrogen-bond acceptors (Lipinski definition) is 3. The van der Waals surface area contributed by atoms with Crippen LogP contribution in [0.1, 0.15) is 20.3 Å². The predicted octanol–water partition coefficient (Wildman–Crippen LogP) is -0.0818. The number of carbonyl (C=O) groups is 1. The lowest BCUT2D eigenvalue weighted by molar-refractivity contribution is -0.133. The first-order valence-corrected chi connectivity index (χ1v) is 5.69.